The van der Waals surface area contributed by atoms with Gasteiger partial charge < -0.3 is 10.1 Å². The summed E-state index contributed by atoms with van der Waals surface area (Å²) in [6.45, 7) is 1.77. The molecule has 0 saturated carbocycles. The lowest BCUT2D eigenvalue weighted by molar-refractivity contribution is 0.102. The Morgan fingerprint density at radius 3 is 2.68 bits per heavy atom. The van der Waals surface area contributed by atoms with E-state index in [1.165, 1.54) is 11.8 Å². The van der Waals surface area contributed by atoms with Crippen molar-refractivity contribution in [2.75, 3.05) is 12.4 Å². The minimum atomic E-state index is -0.281. The molecule has 0 atom stereocenters. The Labute approximate surface area is 168 Å². The van der Waals surface area contributed by atoms with Crippen LogP contribution in [0.2, 0.25) is 0 Å². The zero-order chi connectivity index (χ0) is 19.9. The highest BCUT2D eigenvalue weighted by molar-refractivity contribution is 7.98. The first kappa shape index (κ1) is 19.5. The number of amides is 1. The fourth-order valence-corrected chi connectivity index (χ4v) is 3.58. The van der Waals surface area contributed by atoms with Crippen LogP contribution in [0.25, 0.3) is 0 Å². The van der Waals surface area contributed by atoms with Crippen molar-refractivity contribution in [2.24, 2.45) is 0 Å². The van der Waals surface area contributed by atoms with Crippen LogP contribution >= 0.6 is 11.8 Å². The molecule has 5 nitrogen and oxygen atoms in total. The molecule has 0 fully saturated rings. The largest absolute Gasteiger partial charge is 0.497 e. The zero-order valence-electron chi connectivity index (χ0n) is 15.6. The van der Waals surface area contributed by atoms with E-state index in [-0.39, 0.29) is 5.91 Å². The zero-order valence-corrected chi connectivity index (χ0v) is 16.4. The molecule has 3 rings (SSSR count). The maximum atomic E-state index is 12.6. The van der Waals surface area contributed by atoms with Crippen LogP contribution in [0.3, 0.4) is 0 Å². The number of pyridine rings is 1. The average Bonchev–Trinajstić information content (AvgIpc) is 2.73. The lowest BCUT2D eigenvalue weighted by atomic mass is 10.1. The van der Waals surface area contributed by atoms with Crippen LogP contribution in [0, 0.1) is 18.3 Å². The second-order valence-electron chi connectivity index (χ2n) is 6.05. The molecule has 1 N–H and O–H groups in total. The van der Waals surface area contributed by atoms with Crippen molar-refractivity contribution in [3.05, 3.63) is 83.0 Å². The van der Waals surface area contributed by atoms with Gasteiger partial charge >= 0.3 is 0 Å². The Morgan fingerprint density at radius 2 is 1.96 bits per heavy atom. The van der Waals surface area contributed by atoms with Gasteiger partial charge in [-0.15, -0.1) is 11.8 Å². The molecule has 140 valence electrons. The van der Waals surface area contributed by atoms with E-state index >= 15 is 0 Å². The number of nitrogens with one attached hydrogen (secondary N) is 1. The van der Waals surface area contributed by atoms with Gasteiger partial charge in [0.05, 0.1) is 23.9 Å². The minimum absolute atomic E-state index is 0.281. The number of nitriles is 1. The molecule has 0 aliphatic carbocycles. The number of ether oxygens (including phenoxy) is 1. The lowest BCUT2D eigenvalue weighted by Gasteiger charge is -2.11. The van der Waals surface area contributed by atoms with Gasteiger partial charge in [0.25, 0.3) is 5.91 Å². The maximum Gasteiger partial charge on any atom is 0.257 e. The van der Waals surface area contributed by atoms with Crippen LogP contribution in [0.1, 0.15) is 27.2 Å². The minimum Gasteiger partial charge on any atom is -0.497 e. The first-order valence-corrected chi connectivity index (χ1v) is 9.63. The molecule has 0 aliphatic rings. The van der Waals surface area contributed by atoms with Crippen molar-refractivity contribution < 1.29 is 9.53 Å². The van der Waals surface area contributed by atoms with Crippen molar-refractivity contribution in [1.29, 1.82) is 5.26 Å². The van der Waals surface area contributed by atoms with E-state index in [2.05, 4.69) is 16.4 Å². The summed E-state index contributed by atoms with van der Waals surface area (Å²) < 4.78 is 5.24. The summed E-state index contributed by atoms with van der Waals surface area (Å²) in [5.74, 6) is 1.15. The van der Waals surface area contributed by atoms with Gasteiger partial charge in [0.15, 0.2) is 0 Å². The number of aryl methyl sites for hydroxylation is 1. The first-order valence-electron chi connectivity index (χ1n) is 8.64. The number of aromatic nitrogens is 1. The van der Waals surface area contributed by atoms with E-state index in [4.69, 9.17) is 4.74 Å². The standard InChI is InChI=1S/C22H19N3O2S/c1-15-20(21(26)25-18-8-4-3-5-9-18)12-17(13-23)22(24-15)28-14-16-7-6-10-19(11-16)27-2/h3-12H,14H2,1-2H3,(H,25,26). The number of methoxy groups -OCH3 is 1. The highest BCUT2D eigenvalue weighted by Gasteiger charge is 2.16. The van der Waals surface area contributed by atoms with Gasteiger partial charge in [-0.2, -0.15) is 5.26 Å². The monoisotopic (exact) mass is 389 g/mol. The van der Waals surface area contributed by atoms with Crippen LogP contribution < -0.4 is 10.1 Å². The summed E-state index contributed by atoms with van der Waals surface area (Å²) in [6.07, 6.45) is 0. The number of benzene rings is 2. The third-order valence-corrected chi connectivity index (χ3v) is 5.15. The number of carbonyl (C=O) groups excluding carboxylic acids is 1. The third kappa shape index (κ3) is 4.70. The lowest BCUT2D eigenvalue weighted by Crippen LogP contribution is -2.15. The third-order valence-electron chi connectivity index (χ3n) is 4.08. The second-order valence-corrected chi connectivity index (χ2v) is 7.01. The van der Waals surface area contributed by atoms with Gasteiger partial charge in [-0.05, 0) is 42.8 Å². The van der Waals surface area contributed by atoms with E-state index in [0.717, 1.165) is 11.3 Å². The number of anilines is 1. The fourth-order valence-electron chi connectivity index (χ4n) is 2.64. The van der Waals surface area contributed by atoms with Crippen molar-refractivity contribution in [3.8, 4) is 11.8 Å². The highest BCUT2D eigenvalue weighted by Crippen LogP contribution is 2.27. The molecule has 6 heteroatoms. The topological polar surface area (TPSA) is 75.0 Å². The number of para-hydroxylation sites is 1. The Kier molecular flexibility index (Phi) is 6.30. The van der Waals surface area contributed by atoms with E-state index < -0.39 is 0 Å². The fraction of sp³-hybridized carbons (Fsp3) is 0.136. The molecule has 1 amide bonds. The highest BCUT2D eigenvalue weighted by atomic mass is 32.2. The normalized spacial score (nSPS) is 10.2. The molecule has 1 aromatic heterocycles. The van der Waals surface area contributed by atoms with E-state index in [1.807, 2.05) is 54.6 Å². The van der Waals surface area contributed by atoms with Crippen molar-refractivity contribution in [3.63, 3.8) is 0 Å². The van der Waals surface area contributed by atoms with E-state index in [0.29, 0.717) is 33.3 Å². The predicted octanol–water partition coefficient (Wildman–Crippen LogP) is 4.81. The van der Waals surface area contributed by atoms with Gasteiger partial charge in [-0.3, -0.25) is 4.79 Å². The molecule has 0 aliphatic heterocycles. The van der Waals surface area contributed by atoms with E-state index in [1.54, 1.807) is 20.1 Å². The summed E-state index contributed by atoms with van der Waals surface area (Å²) in [4.78, 5) is 17.1. The molecule has 3 aromatic rings. The van der Waals surface area contributed by atoms with Crippen LogP contribution in [0.4, 0.5) is 5.69 Å². The summed E-state index contributed by atoms with van der Waals surface area (Å²) in [5.41, 5.74) is 3.13. The molecule has 28 heavy (non-hydrogen) atoms. The molecule has 0 unspecified atom stereocenters. The summed E-state index contributed by atoms with van der Waals surface area (Å²) >= 11 is 1.46. The van der Waals surface area contributed by atoms with Crippen LogP contribution in [0.5, 0.6) is 5.75 Å². The predicted molar refractivity (Wildman–Crippen MR) is 111 cm³/mol. The van der Waals surface area contributed by atoms with Gasteiger partial charge in [0.1, 0.15) is 16.8 Å². The Bertz CT molecular complexity index is 1030. The van der Waals surface area contributed by atoms with Crippen LogP contribution in [-0.2, 0) is 5.75 Å². The van der Waals surface area contributed by atoms with Crippen molar-refractivity contribution in [1.82, 2.24) is 4.98 Å². The summed E-state index contributed by atoms with van der Waals surface area (Å²) in [5, 5.41) is 13.0. The Balaban J connectivity index is 1.79. The van der Waals surface area contributed by atoms with Gasteiger partial charge in [0, 0.05) is 11.4 Å². The number of carbonyl (C=O) groups is 1. The first-order chi connectivity index (χ1) is 13.6. The van der Waals surface area contributed by atoms with Gasteiger partial charge in [0.2, 0.25) is 0 Å². The second kappa shape index (κ2) is 9.07. The molecule has 0 bridgehead atoms. The quantitative estimate of drug-likeness (QED) is 0.612. The van der Waals surface area contributed by atoms with Crippen LogP contribution in [0.15, 0.2) is 65.7 Å². The van der Waals surface area contributed by atoms with Gasteiger partial charge in [-0.1, -0.05) is 30.3 Å². The van der Waals surface area contributed by atoms with Crippen LogP contribution in [-0.4, -0.2) is 18.0 Å². The van der Waals surface area contributed by atoms with Gasteiger partial charge in [-0.25, -0.2) is 4.98 Å². The molecule has 0 radical (unpaired) electrons. The molecule has 0 saturated heterocycles. The van der Waals surface area contributed by atoms with Crippen molar-refractivity contribution >= 4 is 23.4 Å². The number of hydrogen-bond acceptors (Lipinski definition) is 5. The smallest absolute Gasteiger partial charge is 0.257 e. The summed E-state index contributed by atoms with van der Waals surface area (Å²) in [6, 6.07) is 20.7. The maximum absolute atomic E-state index is 12.6. The number of rotatable bonds is 6. The SMILES string of the molecule is COc1cccc(CSc2nc(C)c(C(=O)Nc3ccccc3)cc2C#N)c1. The Morgan fingerprint density at radius 1 is 1.18 bits per heavy atom. The number of nitrogens with zero attached hydrogens (tertiary/aromatic N) is 2. The average molecular weight is 389 g/mol. The summed E-state index contributed by atoms with van der Waals surface area (Å²) in [7, 11) is 1.63. The molecular weight excluding hydrogens is 370 g/mol. The van der Waals surface area contributed by atoms with Crippen molar-refractivity contribution in [2.45, 2.75) is 17.7 Å². The Hall–Kier alpha value is -3.30. The molecular formula is C22H19N3O2S. The molecule has 2 aromatic carbocycles. The van der Waals surface area contributed by atoms with E-state index in [9.17, 15) is 10.1 Å². The number of hydrogen-bond donors (Lipinski definition) is 1. The molecule has 1 heterocycles. The molecule has 0 spiro atoms. The number of thioether (sulfide) groups is 1.